The van der Waals surface area contributed by atoms with Gasteiger partial charge in [-0.15, -0.1) is 22.7 Å². The van der Waals surface area contributed by atoms with Gasteiger partial charge in [0.1, 0.15) is 5.82 Å². The number of hydrogen-bond acceptors (Lipinski definition) is 13. The van der Waals surface area contributed by atoms with Crippen LogP contribution in [0.15, 0.2) is 158 Å². The number of para-hydroxylation sites is 1. The standard InChI is InChI=1S/C22H16N4O3S2.C21H15N5O3S2.CH4/c27-22-17(20-18(25-22)10-11-19-21(20)30-13-24-19)12-23-14-6-8-16(9-7-14)31(28,29)26-15-4-2-1-3-5-15;27-21-15(19-16(25-21)8-9-17-20(19)30-12-24-17)11-23-13-4-6-14(7-5-13)31(28,29)26-18-3-1-2-10-22-18;/h1-13,25-27H;1-12,25,27H,(H,22,26);1H4. The summed E-state index contributed by atoms with van der Waals surface area (Å²) in [6.45, 7) is 0. The van der Waals surface area contributed by atoms with Crippen molar-refractivity contribution in [3.63, 3.8) is 0 Å². The van der Waals surface area contributed by atoms with Gasteiger partial charge in [0.15, 0.2) is 11.8 Å². The van der Waals surface area contributed by atoms with Crippen LogP contribution in [0.4, 0.5) is 22.9 Å². The van der Waals surface area contributed by atoms with Crippen LogP contribution < -0.4 is 9.44 Å². The highest BCUT2D eigenvalue weighted by atomic mass is 32.2. The van der Waals surface area contributed by atoms with E-state index in [4.69, 9.17) is 0 Å². The molecule has 0 amide bonds. The Balaban J connectivity index is 0.000000170. The first kappa shape index (κ1) is 42.2. The molecule has 19 heteroatoms. The molecule has 5 heterocycles. The monoisotopic (exact) mass is 913 g/mol. The SMILES string of the molecule is C.O=S(=O)(Nc1ccccc1)c1ccc(N=Cc2c(O)[nH]c3ccc4ncsc4c23)cc1.O=S(=O)(Nc1ccccn1)c1ccc(N=Cc2c(O)[nH]c3ccc4ncsc4c23)cc1. The number of benzene rings is 5. The van der Waals surface area contributed by atoms with E-state index < -0.39 is 20.0 Å². The zero-order valence-electron chi connectivity index (χ0n) is 31.8. The zero-order chi connectivity index (χ0) is 42.8. The number of aromatic nitrogens is 5. The van der Waals surface area contributed by atoms with Crippen LogP contribution in [-0.4, -0.2) is 64.4 Å². The summed E-state index contributed by atoms with van der Waals surface area (Å²) in [5.41, 5.74) is 9.52. The lowest BCUT2D eigenvalue weighted by atomic mass is 10.1. The quantitative estimate of drug-likeness (QED) is 0.0716. The molecule has 0 radical (unpaired) electrons. The fourth-order valence-electron chi connectivity index (χ4n) is 6.52. The Morgan fingerprint density at radius 2 is 1.03 bits per heavy atom. The molecule has 0 aliphatic rings. The third kappa shape index (κ3) is 8.84. The summed E-state index contributed by atoms with van der Waals surface area (Å²) in [4.78, 5) is 27.6. The van der Waals surface area contributed by atoms with Gasteiger partial charge in [-0.05, 0) is 97.1 Å². The van der Waals surface area contributed by atoms with Gasteiger partial charge in [0.25, 0.3) is 20.0 Å². The van der Waals surface area contributed by atoms with E-state index in [1.807, 2.05) is 30.3 Å². The average molecular weight is 914 g/mol. The molecule has 15 nitrogen and oxygen atoms in total. The summed E-state index contributed by atoms with van der Waals surface area (Å²) in [6, 6.07) is 33.5. The van der Waals surface area contributed by atoms with E-state index in [1.165, 1.54) is 53.1 Å². The van der Waals surface area contributed by atoms with Crippen LogP contribution in [0.5, 0.6) is 11.8 Å². The van der Waals surface area contributed by atoms with Crippen molar-refractivity contribution in [3.05, 3.63) is 150 Å². The summed E-state index contributed by atoms with van der Waals surface area (Å²) >= 11 is 2.98. The minimum atomic E-state index is -3.76. The number of nitrogens with zero attached hydrogens (tertiary/aromatic N) is 5. The van der Waals surface area contributed by atoms with Crippen LogP contribution in [0.2, 0.25) is 0 Å². The summed E-state index contributed by atoms with van der Waals surface area (Å²) in [5, 5.41) is 22.4. The first-order valence-corrected chi connectivity index (χ1v) is 23.2. The fraction of sp³-hybridized carbons (Fsp3) is 0.0227. The van der Waals surface area contributed by atoms with Crippen LogP contribution in [0.25, 0.3) is 42.2 Å². The second-order valence-corrected chi connectivity index (χ2v) is 18.5. The number of nitrogens with one attached hydrogen (secondary N) is 4. The van der Waals surface area contributed by atoms with Crippen LogP contribution in [0.3, 0.4) is 0 Å². The molecule has 0 spiro atoms. The molecule has 10 rings (SSSR count). The highest BCUT2D eigenvalue weighted by Crippen LogP contribution is 2.36. The van der Waals surface area contributed by atoms with Crippen LogP contribution in [0, 0.1) is 0 Å². The van der Waals surface area contributed by atoms with E-state index in [-0.39, 0.29) is 34.8 Å². The first-order chi connectivity index (χ1) is 30.0. The predicted octanol–water partition coefficient (Wildman–Crippen LogP) is 10.1. The van der Waals surface area contributed by atoms with Gasteiger partial charge in [-0.3, -0.25) is 19.4 Å². The Hall–Kier alpha value is -7.45. The third-order valence-electron chi connectivity index (χ3n) is 9.46. The molecule has 0 saturated heterocycles. The lowest BCUT2D eigenvalue weighted by molar-refractivity contribution is 0.457. The summed E-state index contributed by atoms with van der Waals surface area (Å²) in [6.07, 6.45) is 4.64. The lowest BCUT2D eigenvalue weighted by Gasteiger charge is -2.07. The summed E-state index contributed by atoms with van der Waals surface area (Å²) in [7, 11) is -7.45. The Labute approximate surface area is 368 Å². The molecule has 63 heavy (non-hydrogen) atoms. The van der Waals surface area contributed by atoms with Gasteiger partial charge in [0, 0.05) is 35.1 Å². The second kappa shape index (κ2) is 17.5. The van der Waals surface area contributed by atoms with Gasteiger partial charge >= 0.3 is 0 Å². The van der Waals surface area contributed by atoms with Crippen molar-refractivity contribution in [1.82, 2.24) is 24.9 Å². The molecule has 5 aromatic heterocycles. The van der Waals surface area contributed by atoms with Gasteiger partial charge in [-0.2, -0.15) is 0 Å². The molecular weight excluding hydrogens is 879 g/mol. The molecule has 316 valence electrons. The van der Waals surface area contributed by atoms with E-state index in [9.17, 15) is 27.0 Å². The van der Waals surface area contributed by atoms with Crippen molar-refractivity contribution in [2.45, 2.75) is 17.2 Å². The zero-order valence-corrected chi connectivity index (χ0v) is 35.1. The number of aliphatic imine (C=N–C) groups is 2. The Morgan fingerprint density at radius 1 is 0.556 bits per heavy atom. The highest BCUT2D eigenvalue weighted by Gasteiger charge is 2.18. The number of sulfonamides is 2. The van der Waals surface area contributed by atoms with Crippen molar-refractivity contribution < 1.29 is 27.0 Å². The molecule has 0 fully saturated rings. The van der Waals surface area contributed by atoms with E-state index in [0.29, 0.717) is 28.2 Å². The van der Waals surface area contributed by atoms with E-state index in [1.54, 1.807) is 90.2 Å². The summed E-state index contributed by atoms with van der Waals surface area (Å²) < 4.78 is 57.0. The largest absolute Gasteiger partial charge is 0.494 e. The Morgan fingerprint density at radius 3 is 1.51 bits per heavy atom. The van der Waals surface area contributed by atoms with Gasteiger partial charge in [0.2, 0.25) is 0 Å². The minimum Gasteiger partial charge on any atom is -0.494 e. The van der Waals surface area contributed by atoms with Gasteiger partial charge < -0.3 is 20.2 Å². The van der Waals surface area contributed by atoms with Gasteiger partial charge in [0.05, 0.1) is 74.8 Å². The van der Waals surface area contributed by atoms with E-state index in [2.05, 4.69) is 44.3 Å². The van der Waals surface area contributed by atoms with Crippen molar-refractivity contribution in [2.75, 3.05) is 9.44 Å². The van der Waals surface area contributed by atoms with E-state index in [0.717, 1.165) is 42.2 Å². The molecule has 0 aliphatic heterocycles. The molecule has 0 aliphatic carbocycles. The highest BCUT2D eigenvalue weighted by molar-refractivity contribution is 7.93. The molecule has 0 bridgehead atoms. The number of pyridine rings is 1. The number of hydrogen-bond donors (Lipinski definition) is 6. The maximum atomic E-state index is 12.6. The number of fused-ring (bicyclic) bond motifs is 6. The smallest absolute Gasteiger partial charge is 0.263 e. The van der Waals surface area contributed by atoms with E-state index >= 15 is 0 Å². The number of anilines is 2. The van der Waals surface area contributed by atoms with Crippen LogP contribution in [0.1, 0.15) is 18.6 Å². The molecule has 6 N–H and O–H groups in total. The molecular formula is C44H35N9O6S4. The molecule has 10 aromatic rings. The summed E-state index contributed by atoms with van der Waals surface area (Å²) in [5.74, 6) is 0.276. The van der Waals surface area contributed by atoms with Crippen molar-refractivity contribution >= 4 is 120 Å². The van der Waals surface area contributed by atoms with Crippen molar-refractivity contribution in [2.24, 2.45) is 9.98 Å². The van der Waals surface area contributed by atoms with Gasteiger partial charge in [-0.1, -0.05) is 31.7 Å². The Kier molecular flexibility index (Phi) is 11.7. The molecule has 0 atom stereocenters. The number of aromatic amines is 2. The maximum absolute atomic E-state index is 12.6. The molecule has 0 unspecified atom stereocenters. The van der Waals surface area contributed by atoms with Crippen LogP contribution in [-0.2, 0) is 20.0 Å². The number of aromatic hydroxyl groups is 2. The topological polar surface area (TPSA) is 228 Å². The minimum absolute atomic E-state index is 0. The number of H-pyrrole nitrogens is 2. The number of rotatable bonds is 10. The normalized spacial score (nSPS) is 11.9. The fourth-order valence-corrected chi connectivity index (χ4v) is 10.3. The molecule has 0 saturated carbocycles. The average Bonchev–Trinajstić information content (AvgIpc) is 4.08. The number of thiazole rings is 2. The first-order valence-electron chi connectivity index (χ1n) is 18.5. The van der Waals surface area contributed by atoms with Crippen LogP contribution >= 0.6 is 22.7 Å². The van der Waals surface area contributed by atoms with Crippen molar-refractivity contribution in [1.29, 1.82) is 0 Å². The molecule has 5 aromatic carbocycles. The predicted molar refractivity (Wildman–Crippen MR) is 253 cm³/mol. The van der Waals surface area contributed by atoms with Crippen molar-refractivity contribution in [3.8, 4) is 11.8 Å². The Bertz CT molecular complexity index is 3280. The van der Waals surface area contributed by atoms with Gasteiger partial charge in [-0.25, -0.2) is 31.8 Å². The lowest BCUT2D eigenvalue weighted by Crippen LogP contribution is -2.13. The third-order valence-corrected chi connectivity index (χ3v) is 14.0. The maximum Gasteiger partial charge on any atom is 0.263 e. The second-order valence-electron chi connectivity index (χ2n) is 13.4.